The molecule has 30 heavy (non-hydrogen) atoms. The zero-order valence-corrected chi connectivity index (χ0v) is 18.5. The molecule has 0 aliphatic carbocycles. The van der Waals surface area contributed by atoms with Crippen LogP contribution in [0.2, 0.25) is 5.02 Å². The molecule has 0 fully saturated rings. The molecule has 1 aliphatic rings. The molecule has 3 rings (SSSR count). The van der Waals surface area contributed by atoms with E-state index in [2.05, 4.69) is 15.6 Å². The van der Waals surface area contributed by atoms with Gasteiger partial charge in [-0.2, -0.15) is 0 Å². The van der Waals surface area contributed by atoms with Crippen molar-refractivity contribution in [2.75, 3.05) is 12.4 Å². The second-order valence-electron chi connectivity index (χ2n) is 6.73. The van der Waals surface area contributed by atoms with Gasteiger partial charge in [0.2, 0.25) is 0 Å². The van der Waals surface area contributed by atoms with Crippen LogP contribution >= 0.6 is 23.4 Å². The molecule has 1 aromatic carbocycles. The van der Waals surface area contributed by atoms with Gasteiger partial charge in [0.25, 0.3) is 5.56 Å². The van der Waals surface area contributed by atoms with E-state index in [1.54, 1.807) is 36.6 Å². The van der Waals surface area contributed by atoms with Gasteiger partial charge in [-0.3, -0.25) is 9.36 Å². The molecule has 1 aromatic heterocycles. The van der Waals surface area contributed by atoms with Gasteiger partial charge < -0.3 is 15.4 Å². The van der Waals surface area contributed by atoms with E-state index >= 15 is 0 Å². The molecule has 0 saturated heterocycles. The molecule has 2 amide bonds. The summed E-state index contributed by atoms with van der Waals surface area (Å²) in [5, 5.41) is 6.83. The predicted octanol–water partition coefficient (Wildman–Crippen LogP) is 3.07. The first-order valence-corrected chi connectivity index (χ1v) is 11.0. The Balaban J connectivity index is 2.01. The van der Waals surface area contributed by atoms with Gasteiger partial charge in [-0.1, -0.05) is 30.3 Å². The van der Waals surface area contributed by atoms with E-state index in [1.165, 1.54) is 11.8 Å². The van der Waals surface area contributed by atoms with E-state index in [9.17, 15) is 14.4 Å². The SMILES string of the molecule is CCCn1c(SCC2=C(C(=O)OCC)[C@H](C)NC(=O)N2)nc2cc(Cl)ccc2c1=O. The van der Waals surface area contributed by atoms with Crippen LogP contribution in [0, 0.1) is 0 Å². The molecule has 1 atom stereocenters. The van der Waals surface area contributed by atoms with Gasteiger partial charge in [0.1, 0.15) is 0 Å². The third-order valence-electron chi connectivity index (χ3n) is 4.54. The van der Waals surface area contributed by atoms with E-state index in [1.807, 2.05) is 6.92 Å². The van der Waals surface area contributed by atoms with Crippen molar-refractivity contribution < 1.29 is 14.3 Å². The van der Waals surface area contributed by atoms with Crippen LogP contribution in [0.5, 0.6) is 0 Å². The predicted molar refractivity (Wildman–Crippen MR) is 117 cm³/mol. The molecule has 2 heterocycles. The van der Waals surface area contributed by atoms with E-state index < -0.39 is 18.0 Å². The van der Waals surface area contributed by atoms with Crippen LogP contribution in [0.15, 0.2) is 39.4 Å². The van der Waals surface area contributed by atoms with E-state index in [4.69, 9.17) is 16.3 Å². The number of nitrogens with one attached hydrogen (secondary N) is 2. The van der Waals surface area contributed by atoms with E-state index in [0.717, 1.165) is 6.42 Å². The molecule has 160 valence electrons. The average molecular weight is 451 g/mol. The second-order valence-corrected chi connectivity index (χ2v) is 8.11. The zero-order valence-electron chi connectivity index (χ0n) is 17.0. The number of halogens is 1. The molecule has 8 nitrogen and oxygen atoms in total. The third kappa shape index (κ3) is 4.62. The number of urea groups is 1. The van der Waals surface area contributed by atoms with E-state index in [0.29, 0.717) is 38.9 Å². The Morgan fingerprint density at radius 3 is 2.80 bits per heavy atom. The first-order chi connectivity index (χ1) is 14.3. The summed E-state index contributed by atoms with van der Waals surface area (Å²) < 4.78 is 6.75. The Labute approximate surface area is 183 Å². The van der Waals surface area contributed by atoms with Crippen LogP contribution in [-0.4, -0.2) is 40.0 Å². The van der Waals surface area contributed by atoms with Crippen LogP contribution in [0.25, 0.3) is 10.9 Å². The normalized spacial score (nSPS) is 16.4. The number of carbonyl (C=O) groups excluding carboxylic acids is 2. The smallest absolute Gasteiger partial charge is 0.337 e. The Bertz CT molecular complexity index is 1080. The molecule has 0 saturated carbocycles. The molecule has 0 radical (unpaired) electrons. The monoisotopic (exact) mass is 450 g/mol. The second kappa shape index (κ2) is 9.53. The largest absolute Gasteiger partial charge is 0.463 e. The highest BCUT2D eigenvalue weighted by Gasteiger charge is 2.30. The Morgan fingerprint density at radius 2 is 2.10 bits per heavy atom. The summed E-state index contributed by atoms with van der Waals surface area (Å²) in [5.74, 6) is -0.244. The van der Waals surface area contributed by atoms with Crippen molar-refractivity contribution in [1.82, 2.24) is 20.2 Å². The van der Waals surface area contributed by atoms with Gasteiger partial charge in [-0.05, 0) is 38.5 Å². The number of benzene rings is 1. The summed E-state index contributed by atoms with van der Waals surface area (Å²) in [6, 6.07) is 4.10. The number of nitrogens with zero attached hydrogens (tertiary/aromatic N) is 2. The van der Waals surface area contributed by atoms with Crippen LogP contribution in [0.3, 0.4) is 0 Å². The summed E-state index contributed by atoms with van der Waals surface area (Å²) in [4.78, 5) is 41.9. The minimum Gasteiger partial charge on any atom is -0.463 e. The van der Waals surface area contributed by atoms with Gasteiger partial charge in [-0.25, -0.2) is 14.6 Å². The Hall–Kier alpha value is -2.52. The van der Waals surface area contributed by atoms with Crippen molar-refractivity contribution in [3.8, 4) is 0 Å². The number of hydrogen-bond donors (Lipinski definition) is 2. The first kappa shape index (κ1) is 22.2. The number of hydrogen-bond acceptors (Lipinski definition) is 6. The summed E-state index contributed by atoms with van der Waals surface area (Å²) in [7, 11) is 0. The van der Waals surface area contributed by atoms with Crippen LogP contribution in [0.4, 0.5) is 4.79 Å². The summed E-state index contributed by atoms with van der Waals surface area (Å²) in [6.45, 7) is 6.15. The number of esters is 1. The van der Waals surface area contributed by atoms with Crippen molar-refractivity contribution in [2.45, 2.75) is 44.9 Å². The van der Waals surface area contributed by atoms with Crippen molar-refractivity contribution in [1.29, 1.82) is 0 Å². The third-order valence-corrected chi connectivity index (χ3v) is 5.78. The highest BCUT2D eigenvalue weighted by Crippen LogP contribution is 2.24. The molecule has 2 N–H and O–H groups in total. The molecule has 0 spiro atoms. The average Bonchev–Trinajstić information content (AvgIpc) is 2.68. The number of carbonyl (C=O) groups is 2. The maximum Gasteiger partial charge on any atom is 0.337 e. The summed E-state index contributed by atoms with van der Waals surface area (Å²) in [5.41, 5.74) is 1.16. The van der Waals surface area contributed by atoms with Gasteiger partial charge >= 0.3 is 12.0 Å². The fourth-order valence-corrected chi connectivity index (χ4v) is 4.40. The lowest BCUT2D eigenvalue weighted by Crippen LogP contribution is -2.49. The van der Waals surface area contributed by atoms with Crippen LogP contribution < -0.4 is 16.2 Å². The lowest BCUT2D eigenvalue weighted by Gasteiger charge is -2.26. The quantitative estimate of drug-likeness (QED) is 0.382. The summed E-state index contributed by atoms with van der Waals surface area (Å²) in [6.07, 6.45) is 0.753. The number of amides is 2. The zero-order chi connectivity index (χ0) is 21.8. The van der Waals surface area contributed by atoms with Gasteiger partial charge in [-0.15, -0.1) is 0 Å². The standard InChI is InChI=1S/C20H23ClN4O4S/c1-4-8-25-17(26)13-7-6-12(21)9-14(13)24-20(25)30-10-15-16(18(27)29-5-2)11(3)22-19(28)23-15/h6-7,9,11H,4-5,8,10H2,1-3H3,(H2,22,23,28)/t11-/m0/s1. The maximum atomic E-state index is 13.0. The van der Waals surface area contributed by atoms with Crippen molar-refractivity contribution >= 4 is 46.3 Å². The highest BCUT2D eigenvalue weighted by molar-refractivity contribution is 7.99. The fourth-order valence-electron chi connectivity index (χ4n) is 3.23. The lowest BCUT2D eigenvalue weighted by atomic mass is 10.1. The molecule has 10 heteroatoms. The number of aromatic nitrogens is 2. The fraction of sp³-hybridized carbons (Fsp3) is 0.400. The van der Waals surface area contributed by atoms with Crippen LogP contribution in [0.1, 0.15) is 27.2 Å². The molecule has 0 bridgehead atoms. The Kier molecular flexibility index (Phi) is 7.04. The van der Waals surface area contributed by atoms with Gasteiger partial charge in [0.15, 0.2) is 5.16 Å². The van der Waals surface area contributed by atoms with Crippen molar-refractivity contribution in [2.24, 2.45) is 0 Å². The lowest BCUT2D eigenvalue weighted by molar-refractivity contribution is -0.138. The number of thioether (sulfide) groups is 1. The van der Waals surface area contributed by atoms with E-state index in [-0.39, 0.29) is 17.9 Å². The van der Waals surface area contributed by atoms with Gasteiger partial charge in [0.05, 0.1) is 29.1 Å². The first-order valence-electron chi connectivity index (χ1n) is 9.66. The highest BCUT2D eigenvalue weighted by atomic mass is 35.5. The number of rotatable bonds is 7. The summed E-state index contributed by atoms with van der Waals surface area (Å²) >= 11 is 7.34. The van der Waals surface area contributed by atoms with Crippen molar-refractivity contribution in [3.63, 3.8) is 0 Å². The minimum absolute atomic E-state index is 0.150. The molecule has 2 aromatic rings. The number of fused-ring (bicyclic) bond motifs is 1. The van der Waals surface area contributed by atoms with Gasteiger partial charge in [0, 0.05) is 23.0 Å². The molecular formula is C20H23ClN4O4S. The minimum atomic E-state index is -0.491. The topological polar surface area (TPSA) is 102 Å². The van der Waals surface area contributed by atoms with Crippen LogP contribution in [-0.2, 0) is 16.1 Å². The Morgan fingerprint density at radius 1 is 1.33 bits per heavy atom. The maximum absolute atomic E-state index is 13.0. The van der Waals surface area contributed by atoms with Crippen molar-refractivity contribution in [3.05, 3.63) is 44.8 Å². The molecule has 1 aliphatic heterocycles. The number of ether oxygens (including phenoxy) is 1. The molecule has 0 unspecified atom stereocenters. The molecular weight excluding hydrogens is 428 g/mol.